The van der Waals surface area contributed by atoms with Gasteiger partial charge in [-0.15, -0.1) is 0 Å². The van der Waals surface area contributed by atoms with Crippen molar-refractivity contribution < 1.29 is 0 Å². The van der Waals surface area contributed by atoms with E-state index in [4.69, 9.17) is 23.2 Å². The predicted octanol–water partition coefficient (Wildman–Crippen LogP) is 5.08. The second kappa shape index (κ2) is 5.63. The van der Waals surface area contributed by atoms with Crippen molar-refractivity contribution in [2.75, 3.05) is 6.54 Å². The lowest BCUT2D eigenvalue weighted by atomic mass is 9.88. The summed E-state index contributed by atoms with van der Waals surface area (Å²) in [6, 6.07) is 6.26. The molecule has 1 nitrogen and oxygen atoms in total. The molecule has 2 saturated carbocycles. The molecule has 104 valence electrons. The molecule has 3 heteroatoms. The summed E-state index contributed by atoms with van der Waals surface area (Å²) in [5.41, 5.74) is 1.22. The number of halogens is 2. The van der Waals surface area contributed by atoms with E-state index >= 15 is 0 Å². The third-order valence-corrected chi connectivity index (χ3v) is 5.75. The van der Waals surface area contributed by atoms with E-state index in [9.17, 15) is 0 Å². The van der Waals surface area contributed by atoms with Gasteiger partial charge in [-0.2, -0.15) is 0 Å². The number of fused-ring (bicyclic) bond motifs is 2. The van der Waals surface area contributed by atoms with E-state index in [0.29, 0.717) is 16.1 Å². The van der Waals surface area contributed by atoms with Crippen LogP contribution in [0.3, 0.4) is 0 Å². The van der Waals surface area contributed by atoms with Crippen molar-refractivity contribution in [2.24, 2.45) is 17.8 Å². The molecule has 0 spiro atoms. The van der Waals surface area contributed by atoms with Gasteiger partial charge in [-0.05, 0) is 68.2 Å². The molecule has 0 aromatic heterocycles. The molecule has 0 amide bonds. The van der Waals surface area contributed by atoms with Crippen LogP contribution in [0.25, 0.3) is 0 Å². The Morgan fingerprint density at radius 1 is 1.21 bits per heavy atom. The molecular weight excluding hydrogens is 277 g/mol. The van der Waals surface area contributed by atoms with Crippen molar-refractivity contribution >= 4 is 23.2 Å². The number of benzene rings is 1. The maximum Gasteiger partial charge on any atom is 0.0595 e. The summed E-state index contributed by atoms with van der Waals surface area (Å²) in [5.74, 6) is 2.90. The minimum atomic E-state index is 0.342. The molecule has 2 aliphatic rings. The summed E-state index contributed by atoms with van der Waals surface area (Å²) in [4.78, 5) is 0. The first-order chi connectivity index (χ1) is 9.13. The van der Waals surface area contributed by atoms with Gasteiger partial charge in [-0.25, -0.2) is 0 Å². The summed E-state index contributed by atoms with van der Waals surface area (Å²) in [5, 5.41) is 4.95. The Hall–Kier alpha value is -0.240. The third kappa shape index (κ3) is 2.94. The Balaban J connectivity index is 1.56. The molecule has 0 radical (unpaired) electrons. The highest BCUT2D eigenvalue weighted by Crippen LogP contribution is 2.48. The van der Waals surface area contributed by atoms with E-state index in [1.807, 2.05) is 12.1 Å². The molecule has 2 fully saturated rings. The second-order valence-corrected chi connectivity index (χ2v) is 7.05. The first kappa shape index (κ1) is 13.7. The lowest BCUT2D eigenvalue weighted by Gasteiger charge is -2.24. The van der Waals surface area contributed by atoms with E-state index in [-0.39, 0.29) is 0 Å². The molecule has 19 heavy (non-hydrogen) atoms. The zero-order valence-corrected chi connectivity index (χ0v) is 12.8. The fraction of sp³-hybridized carbons (Fsp3) is 0.625. The monoisotopic (exact) mass is 297 g/mol. The average molecular weight is 298 g/mol. The SMILES string of the molecule is CC(NCC1CC2CCC1C2)c1ccc(Cl)c(Cl)c1. The van der Waals surface area contributed by atoms with Gasteiger partial charge in [0.05, 0.1) is 10.0 Å². The quantitative estimate of drug-likeness (QED) is 0.817. The van der Waals surface area contributed by atoms with Gasteiger partial charge < -0.3 is 5.32 Å². The van der Waals surface area contributed by atoms with Crippen molar-refractivity contribution in [3.8, 4) is 0 Å². The highest BCUT2D eigenvalue weighted by atomic mass is 35.5. The van der Waals surface area contributed by atoms with Crippen molar-refractivity contribution in [2.45, 2.75) is 38.6 Å². The van der Waals surface area contributed by atoms with Gasteiger partial charge in [0, 0.05) is 6.04 Å². The van der Waals surface area contributed by atoms with Crippen LogP contribution in [-0.2, 0) is 0 Å². The molecule has 2 aliphatic carbocycles. The van der Waals surface area contributed by atoms with E-state index in [1.54, 1.807) is 0 Å². The first-order valence-corrected chi connectivity index (χ1v) is 8.07. The van der Waals surface area contributed by atoms with Crippen molar-refractivity contribution in [1.29, 1.82) is 0 Å². The van der Waals surface area contributed by atoms with E-state index in [1.165, 1.54) is 31.2 Å². The van der Waals surface area contributed by atoms with Crippen molar-refractivity contribution in [3.05, 3.63) is 33.8 Å². The fourth-order valence-electron chi connectivity index (χ4n) is 3.85. The van der Waals surface area contributed by atoms with E-state index < -0.39 is 0 Å². The Morgan fingerprint density at radius 3 is 2.68 bits per heavy atom. The molecule has 1 aromatic carbocycles. The molecule has 3 rings (SSSR count). The highest BCUT2D eigenvalue weighted by molar-refractivity contribution is 6.42. The maximum atomic E-state index is 6.08. The summed E-state index contributed by atoms with van der Waals surface area (Å²) in [6.45, 7) is 3.34. The fourth-order valence-corrected chi connectivity index (χ4v) is 4.16. The van der Waals surface area contributed by atoms with Crippen LogP contribution in [0.1, 0.15) is 44.2 Å². The number of hydrogen-bond donors (Lipinski definition) is 1. The smallest absolute Gasteiger partial charge is 0.0595 e. The van der Waals surface area contributed by atoms with Crippen LogP contribution in [0.4, 0.5) is 0 Å². The van der Waals surface area contributed by atoms with Crippen molar-refractivity contribution in [3.63, 3.8) is 0 Å². The second-order valence-electron chi connectivity index (χ2n) is 6.24. The van der Waals surface area contributed by atoms with Crippen LogP contribution in [0.5, 0.6) is 0 Å². The molecule has 1 aromatic rings. The Labute approximate surface area is 125 Å². The van der Waals surface area contributed by atoms with Crippen LogP contribution in [0.15, 0.2) is 18.2 Å². The van der Waals surface area contributed by atoms with Gasteiger partial charge in [0.15, 0.2) is 0 Å². The molecule has 0 aliphatic heterocycles. The van der Waals surface area contributed by atoms with Gasteiger partial charge in [0.25, 0.3) is 0 Å². The zero-order chi connectivity index (χ0) is 13.4. The lowest BCUT2D eigenvalue weighted by Crippen LogP contribution is -2.28. The zero-order valence-electron chi connectivity index (χ0n) is 11.3. The van der Waals surface area contributed by atoms with Gasteiger partial charge >= 0.3 is 0 Å². The summed E-state index contributed by atoms with van der Waals surface area (Å²) < 4.78 is 0. The van der Waals surface area contributed by atoms with Crippen LogP contribution in [0.2, 0.25) is 10.0 Å². The van der Waals surface area contributed by atoms with Gasteiger partial charge in [-0.3, -0.25) is 0 Å². The minimum absolute atomic E-state index is 0.342. The summed E-state index contributed by atoms with van der Waals surface area (Å²) >= 11 is 12.0. The van der Waals surface area contributed by atoms with E-state index in [0.717, 1.165) is 24.3 Å². The molecule has 2 bridgehead atoms. The Bertz CT molecular complexity index is 460. The molecule has 1 N–H and O–H groups in total. The van der Waals surface area contributed by atoms with E-state index in [2.05, 4.69) is 18.3 Å². The maximum absolute atomic E-state index is 6.08. The van der Waals surface area contributed by atoms with Crippen LogP contribution >= 0.6 is 23.2 Å². The normalized spacial score (nSPS) is 30.8. The topological polar surface area (TPSA) is 12.0 Å². The minimum Gasteiger partial charge on any atom is -0.310 e. The largest absolute Gasteiger partial charge is 0.310 e. The standard InChI is InChI=1S/C16H21Cl2N/c1-10(12-4-5-15(17)16(18)8-12)19-9-14-7-11-2-3-13(14)6-11/h4-5,8,10-11,13-14,19H,2-3,6-7,9H2,1H3. The Kier molecular flexibility index (Phi) is 4.07. The van der Waals surface area contributed by atoms with Crippen LogP contribution in [0, 0.1) is 17.8 Å². The molecule has 4 atom stereocenters. The number of nitrogens with one attached hydrogen (secondary N) is 1. The molecule has 0 saturated heterocycles. The molecule has 4 unspecified atom stereocenters. The summed E-state index contributed by atoms with van der Waals surface area (Å²) in [7, 11) is 0. The van der Waals surface area contributed by atoms with Crippen LogP contribution < -0.4 is 5.32 Å². The number of rotatable bonds is 4. The molecular formula is C16H21Cl2N. The summed E-state index contributed by atoms with van der Waals surface area (Å²) in [6.07, 6.45) is 5.85. The Morgan fingerprint density at radius 2 is 2.05 bits per heavy atom. The van der Waals surface area contributed by atoms with Gasteiger partial charge in [-0.1, -0.05) is 35.7 Å². The van der Waals surface area contributed by atoms with Gasteiger partial charge in [0.1, 0.15) is 0 Å². The van der Waals surface area contributed by atoms with Crippen molar-refractivity contribution in [1.82, 2.24) is 5.32 Å². The third-order valence-electron chi connectivity index (χ3n) is 5.01. The predicted molar refractivity (Wildman–Crippen MR) is 81.8 cm³/mol. The average Bonchev–Trinajstić information content (AvgIpc) is 3.01. The highest BCUT2D eigenvalue weighted by Gasteiger charge is 2.39. The van der Waals surface area contributed by atoms with Crippen LogP contribution in [-0.4, -0.2) is 6.54 Å². The molecule has 0 heterocycles. The number of hydrogen-bond acceptors (Lipinski definition) is 1. The first-order valence-electron chi connectivity index (χ1n) is 7.32. The van der Waals surface area contributed by atoms with Gasteiger partial charge in [0.2, 0.25) is 0 Å². The lowest BCUT2D eigenvalue weighted by molar-refractivity contribution is 0.309.